The van der Waals surface area contributed by atoms with Crippen LogP contribution < -0.4 is 0 Å². The molecule has 0 aliphatic heterocycles. The van der Waals surface area contributed by atoms with Gasteiger partial charge in [0, 0.05) is 5.02 Å². The summed E-state index contributed by atoms with van der Waals surface area (Å²) >= 11 is 7.57. The van der Waals surface area contributed by atoms with Crippen molar-refractivity contribution in [3.63, 3.8) is 0 Å². The van der Waals surface area contributed by atoms with Crippen molar-refractivity contribution in [2.45, 2.75) is 18.9 Å². The van der Waals surface area contributed by atoms with Gasteiger partial charge in [0.25, 0.3) is 0 Å². The van der Waals surface area contributed by atoms with Gasteiger partial charge < -0.3 is 5.11 Å². The molecule has 15 heavy (non-hydrogen) atoms. The minimum Gasteiger partial charge on any atom is -0.393 e. The zero-order valence-electron chi connectivity index (χ0n) is 8.54. The molecular weight excluding hydrogens is 235 g/mol. The Morgan fingerprint density at radius 3 is 2.93 bits per heavy atom. The molecule has 0 aromatic heterocycles. The summed E-state index contributed by atoms with van der Waals surface area (Å²) in [6.45, 7) is 0. The SMILES string of the molecule is CSCCC(O)Cc1cc(F)ccc1Cl. The van der Waals surface area contributed by atoms with Gasteiger partial charge in [0.15, 0.2) is 0 Å². The van der Waals surface area contributed by atoms with Crippen molar-refractivity contribution in [3.05, 3.63) is 34.6 Å². The zero-order chi connectivity index (χ0) is 11.3. The summed E-state index contributed by atoms with van der Waals surface area (Å²) in [5.74, 6) is 0.583. The lowest BCUT2D eigenvalue weighted by atomic mass is 10.1. The molecule has 1 atom stereocenters. The molecule has 1 N–H and O–H groups in total. The molecule has 1 unspecified atom stereocenters. The van der Waals surface area contributed by atoms with Gasteiger partial charge in [0.05, 0.1) is 6.10 Å². The van der Waals surface area contributed by atoms with E-state index >= 15 is 0 Å². The van der Waals surface area contributed by atoms with Crippen molar-refractivity contribution < 1.29 is 9.50 Å². The van der Waals surface area contributed by atoms with Gasteiger partial charge in [0.1, 0.15) is 5.82 Å². The quantitative estimate of drug-likeness (QED) is 0.864. The van der Waals surface area contributed by atoms with Crippen LogP contribution in [0.25, 0.3) is 0 Å². The Morgan fingerprint density at radius 1 is 1.53 bits per heavy atom. The number of rotatable bonds is 5. The van der Waals surface area contributed by atoms with Crippen LogP contribution in [-0.2, 0) is 6.42 Å². The highest BCUT2D eigenvalue weighted by atomic mass is 35.5. The number of aliphatic hydroxyl groups is 1. The predicted molar refractivity (Wildman–Crippen MR) is 64.1 cm³/mol. The fourth-order valence-electron chi connectivity index (χ4n) is 1.31. The van der Waals surface area contributed by atoms with E-state index in [2.05, 4.69) is 0 Å². The van der Waals surface area contributed by atoms with Gasteiger partial charge in [-0.15, -0.1) is 0 Å². The number of thioether (sulfide) groups is 1. The third-order valence-electron chi connectivity index (χ3n) is 2.12. The molecule has 0 aliphatic rings. The molecule has 0 saturated heterocycles. The molecule has 84 valence electrons. The van der Waals surface area contributed by atoms with E-state index in [-0.39, 0.29) is 5.82 Å². The number of halogens is 2. The van der Waals surface area contributed by atoms with Crippen LogP contribution in [0.3, 0.4) is 0 Å². The second kappa shape index (κ2) is 6.36. The van der Waals surface area contributed by atoms with Gasteiger partial charge in [-0.05, 0) is 48.6 Å². The summed E-state index contributed by atoms with van der Waals surface area (Å²) in [6.07, 6.45) is 2.66. The number of hydrogen-bond acceptors (Lipinski definition) is 2. The Bertz CT molecular complexity index is 319. The topological polar surface area (TPSA) is 20.2 Å². The van der Waals surface area contributed by atoms with E-state index in [4.69, 9.17) is 11.6 Å². The van der Waals surface area contributed by atoms with Crippen LogP contribution in [0.1, 0.15) is 12.0 Å². The van der Waals surface area contributed by atoms with Gasteiger partial charge in [-0.25, -0.2) is 4.39 Å². The first-order chi connectivity index (χ1) is 7.13. The van der Waals surface area contributed by atoms with E-state index in [1.165, 1.54) is 18.2 Å². The fraction of sp³-hybridized carbons (Fsp3) is 0.455. The Hall–Kier alpha value is -0.250. The van der Waals surface area contributed by atoms with Gasteiger partial charge in [0.2, 0.25) is 0 Å². The Kier molecular flexibility index (Phi) is 5.43. The summed E-state index contributed by atoms with van der Waals surface area (Å²) in [6, 6.07) is 4.22. The molecule has 0 amide bonds. The van der Waals surface area contributed by atoms with Crippen LogP contribution in [0, 0.1) is 5.82 Å². The first-order valence-corrected chi connectivity index (χ1v) is 6.51. The molecule has 0 fully saturated rings. The lowest BCUT2D eigenvalue weighted by Gasteiger charge is -2.10. The van der Waals surface area contributed by atoms with Gasteiger partial charge in [-0.2, -0.15) is 11.8 Å². The van der Waals surface area contributed by atoms with Crippen LogP contribution >= 0.6 is 23.4 Å². The molecule has 1 aromatic carbocycles. The van der Waals surface area contributed by atoms with Crippen LogP contribution in [0.5, 0.6) is 0 Å². The van der Waals surface area contributed by atoms with Gasteiger partial charge in [-0.3, -0.25) is 0 Å². The summed E-state index contributed by atoms with van der Waals surface area (Å²) in [5.41, 5.74) is 0.672. The van der Waals surface area contributed by atoms with Gasteiger partial charge in [-0.1, -0.05) is 11.6 Å². The highest BCUT2D eigenvalue weighted by molar-refractivity contribution is 7.98. The molecule has 1 aromatic rings. The second-order valence-corrected chi connectivity index (χ2v) is 4.77. The van der Waals surface area contributed by atoms with E-state index in [9.17, 15) is 9.50 Å². The lowest BCUT2D eigenvalue weighted by molar-refractivity contribution is 0.172. The van der Waals surface area contributed by atoms with Crippen molar-refractivity contribution in [2.24, 2.45) is 0 Å². The van der Waals surface area contributed by atoms with Crippen LogP contribution in [-0.4, -0.2) is 23.2 Å². The lowest BCUT2D eigenvalue weighted by Crippen LogP contribution is -2.11. The van der Waals surface area contributed by atoms with Crippen molar-refractivity contribution >= 4 is 23.4 Å². The molecule has 1 rings (SSSR count). The molecule has 0 heterocycles. The molecule has 1 nitrogen and oxygen atoms in total. The van der Waals surface area contributed by atoms with E-state index in [0.29, 0.717) is 23.4 Å². The highest BCUT2D eigenvalue weighted by Gasteiger charge is 2.09. The van der Waals surface area contributed by atoms with Crippen LogP contribution in [0.2, 0.25) is 5.02 Å². The van der Waals surface area contributed by atoms with Crippen LogP contribution in [0.4, 0.5) is 4.39 Å². The summed E-state index contributed by atoms with van der Waals surface area (Å²) in [7, 11) is 0. The van der Waals surface area contributed by atoms with E-state index < -0.39 is 6.10 Å². The number of hydrogen-bond donors (Lipinski definition) is 1. The maximum Gasteiger partial charge on any atom is 0.123 e. The molecular formula is C11H14ClFOS. The van der Waals surface area contributed by atoms with Crippen molar-refractivity contribution in [1.29, 1.82) is 0 Å². The standard InChI is InChI=1S/C11H14ClFOS/c1-15-5-4-10(14)7-8-6-9(13)2-3-11(8)12/h2-3,6,10,14H,4-5,7H2,1H3. The minimum atomic E-state index is -0.447. The smallest absolute Gasteiger partial charge is 0.123 e. The maximum atomic E-state index is 12.9. The first kappa shape index (κ1) is 12.8. The molecule has 0 spiro atoms. The fourth-order valence-corrected chi connectivity index (χ4v) is 2.01. The van der Waals surface area contributed by atoms with E-state index in [0.717, 1.165) is 5.75 Å². The second-order valence-electron chi connectivity index (χ2n) is 3.38. The maximum absolute atomic E-state index is 12.9. The summed E-state index contributed by atoms with van der Waals surface area (Å²) in [4.78, 5) is 0. The predicted octanol–water partition coefficient (Wildman–Crippen LogP) is 3.14. The summed E-state index contributed by atoms with van der Waals surface area (Å²) in [5, 5.41) is 10.2. The largest absolute Gasteiger partial charge is 0.393 e. The molecule has 4 heteroatoms. The third-order valence-corrected chi connectivity index (χ3v) is 3.13. The summed E-state index contributed by atoms with van der Waals surface area (Å²) < 4.78 is 12.9. The minimum absolute atomic E-state index is 0.313. The Morgan fingerprint density at radius 2 is 2.27 bits per heavy atom. The monoisotopic (exact) mass is 248 g/mol. The number of aliphatic hydroxyl groups excluding tert-OH is 1. The average molecular weight is 249 g/mol. The molecule has 0 radical (unpaired) electrons. The molecule has 0 bridgehead atoms. The molecule has 0 aliphatic carbocycles. The van der Waals surface area contributed by atoms with Crippen molar-refractivity contribution in [3.8, 4) is 0 Å². The van der Waals surface area contributed by atoms with E-state index in [1.807, 2.05) is 6.26 Å². The van der Waals surface area contributed by atoms with Crippen LogP contribution in [0.15, 0.2) is 18.2 Å². The van der Waals surface area contributed by atoms with E-state index in [1.54, 1.807) is 11.8 Å². The first-order valence-electron chi connectivity index (χ1n) is 4.74. The van der Waals surface area contributed by atoms with Crippen molar-refractivity contribution in [1.82, 2.24) is 0 Å². The highest BCUT2D eigenvalue weighted by Crippen LogP contribution is 2.19. The average Bonchev–Trinajstić information content (AvgIpc) is 2.20. The molecule has 0 saturated carbocycles. The third kappa shape index (κ3) is 4.41. The Labute approximate surface area is 98.6 Å². The van der Waals surface area contributed by atoms with Gasteiger partial charge >= 0.3 is 0 Å². The normalized spacial score (nSPS) is 12.8. The van der Waals surface area contributed by atoms with Crippen molar-refractivity contribution in [2.75, 3.05) is 12.0 Å². The number of benzene rings is 1. The zero-order valence-corrected chi connectivity index (χ0v) is 10.1. The Balaban J connectivity index is 2.59.